The summed E-state index contributed by atoms with van der Waals surface area (Å²) in [6, 6.07) is -0.181. The second-order valence-corrected chi connectivity index (χ2v) is 13.0. The number of fused-ring (bicyclic) bond motifs is 1. The van der Waals surface area contributed by atoms with Crippen LogP contribution in [-0.4, -0.2) is 118 Å². The van der Waals surface area contributed by atoms with E-state index in [0.29, 0.717) is 10.3 Å². The summed E-state index contributed by atoms with van der Waals surface area (Å²) in [4.78, 5) is 72.0. The van der Waals surface area contributed by atoms with Crippen LogP contribution in [0.5, 0.6) is 5.75 Å². The van der Waals surface area contributed by atoms with Gasteiger partial charge in [-0.2, -0.15) is 14.1 Å². The molecule has 0 spiro atoms. The molecule has 248 valence electrons. The maximum Gasteiger partial charge on any atom is 0.352 e. The highest BCUT2D eigenvalue weighted by atomic mass is 32.2. The SMILES string of the molecule is CC(C)(ON=C(C(=O)N[C@@H]1C(=O)N2C(C(=O)O)=C(CSc3nnnn3Cc3cc(=O)c(O)cn3O)CS[C@@H]12)c1nsc(N)n1)C(=O)O. The number of rotatable bonds is 12. The summed E-state index contributed by atoms with van der Waals surface area (Å²) < 4.78 is 5.70. The van der Waals surface area contributed by atoms with Crippen LogP contribution >= 0.6 is 35.1 Å². The number of carbonyl (C=O) groups is 4. The predicted octanol–water partition coefficient (Wildman–Crippen LogP) is -1.63. The first kappa shape index (κ1) is 33.1. The van der Waals surface area contributed by atoms with E-state index < -0.39 is 57.7 Å². The lowest BCUT2D eigenvalue weighted by Gasteiger charge is -2.49. The molecule has 1 saturated heterocycles. The third kappa shape index (κ3) is 6.68. The fourth-order valence-corrected chi connectivity index (χ4v) is 6.89. The molecule has 2 aliphatic rings. The predicted molar refractivity (Wildman–Crippen MR) is 161 cm³/mol. The molecular weight excluding hydrogens is 687 g/mol. The first-order valence-electron chi connectivity index (χ1n) is 13.0. The van der Waals surface area contributed by atoms with Gasteiger partial charge in [-0.05, 0) is 29.8 Å². The highest BCUT2D eigenvalue weighted by Crippen LogP contribution is 2.41. The number of oxime groups is 1. The molecule has 0 aliphatic carbocycles. The van der Waals surface area contributed by atoms with Gasteiger partial charge in [-0.3, -0.25) is 19.3 Å². The summed E-state index contributed by atoms with van der Waals surface area (Å²) in [5.74, 6) is -5.22. The minimum atomic E-state index is -1.83. The summed E-state index contributed by atoms with van der Waals surface area (Å²) in [6.45, 7) is 2.23. The number of carboxylic acids is 2. The zero-order chi connectivity index (χ0) is 34.2. The third-order valence-electron chi connectivity index (χ3n) is 6.56. The molecule has 0 saturated carbocycles. The minimum absolute atomic E-state index is 0.0172. The van der Waals surface area contributed by atoms with Crippen LogP contribution in [-0.2, 0) is 30.6 Å². The average molecular weight is 710 g/mol. The van der Waals surface area contributed by atoms with Crippen molar-refractivity contribution in [1.82, 2.24) is 44.5 Å². The summed E-state index contributed by atoms with van der Waals surface area (Å²) in [6.07, 6.45) is 0.821. The van der Waals surface area contributed by atoms with Crippen molar-refractivity contribution in [1.29, 1.82) is 0 Å². The number of tetrazole rings is 1. The van der Waals surface area contributed by atoms with Gasteiger partial charge in [0.1, 0.15) is 17.1 Å². The van der Waals surface area contributed by atoms with Gasteiger partial charge in [0.2, 0.25) is 27.7 Å². The van der Waals surface area contributed by atoms with Crippen molar-refractivity contribution < 1.29 is 44.5 Å². The molecule has 21 nitrogen and oxygen atoms in total. The number of anilines is 1. The van der Waals surface area contributed by atoms with Gasteiger partial charge in [-0.25, -0.2) is 14.3 Å². The number of thioether (sulfide) groups is 2. The highest BCUT2D eigenvalue weighted by Gasteiger charge is 2.54. The summed E-state index contributed by atoms with van der Waals surface area (Å²) in [5.41, 5.74) is 2.64. The number of aromatic hydroxyl groups is 1. The van der Waals surface area contributed by atoms with Crippen molar-refractivity contribution in [2.24, 2.45) is 5.16 Å². The number of hydrogen-bond donors (Lipinski definition) is 6. The highest BCUT2D eigenvalue weighted by molar-refractivity contribution is 8.01. The number of nitrogens with two attached hydrogens (primary N) is 1. The number of amides is 2. The topological polar surface area (TPSA) is 303 Å². The van der Waals surface area contributed by atoms with Crippen LogP contribution < -0.4 is 16.5 Å². The zero-order valence-corrected chi connectivity index (χ0v) is 26.4. The summed E-state index contributed by atoms with van der Waals surface area (Å²) in [5, 5.41) is 55.6. The van der Waals surface area contributed by atoms with Crippen LogP contribution in [0.3, 0.4) is 0 Å². The normalized spacial score (nSPS) is 18.0. The molecule has 3 aromatic rings. The van der Waals surface area contributed by atoms with Crippen LogP contribution in [0.1, 0.15) is 25.4 Å². The van der Waals surface area contributed by atoms with E-state index in [9.17, 15) is 44.5 Å². The van der Waals surface area contributed by atoms with Gasteiger partial charge in [0, 0.05) is 29.1 Å². The van der Waals surface area contributed by atoms with Crippen LogP contribution in [0.4, 0.5) is 5.13 Å². The average Bonchev–Trinajstić information content (AvgIpc) is 3.65. The van der Waals surface area contributed by atoms with E-state index in [1.54, 1.807) is 0 Å². The first-order chi connectivity index (χ1) is 22.2. The van der Waals surface area contributed by atoms with Crippen molar-refractivity contribution in [3.63, 3.8) is 0 Å². The molecule has 7 N–H and O–H groups in total. The van der Waals surface area contributed by atoms with Gasteiger partial charge in [0.05, 0.1) is 18.4 Å². The van der Waals surface area contributed by atoms with Gasteiger partial charge in [-0.15, -0.1) is 16.9 Å². The van der Waals surface area contributed by atoms with Crippen LogP contribution in [0.25, 0.3) is 0 Å². The van der Waals surface area contributed by atoms with Crippen molar-refractivity contribution in [2.75, 3.05) is 17.2 Å². The Balaban J connectivity index is 1.30. The Bertz CT molecular complexity index is 1900. The number of pyridine rings is 1. The van der Waals surface area contributed by atoms with E-state index in [2.05, 4.69) is 35.4 Å². The Hall–Kier alpha value is -5.23. The lowest BCUT2D eigenvalue weighted by molar-refractivity contribution is -0.161. The van der Waals surface area contributed by atoms with E-state index in [-0.39, 0.29) is 45.6 Å². The molecule has 3 aromatic heterocycles. The number of aliphatic carboxylic acids is 2. The number of nitrogen functional groups attached to an aromatic ring is 1. The van der Waals surface area contributed by atoms with Gasteiger partial charge < -0.3 is 36.4 Å². The van der Waals surface area contributed by atoms with E-state index in [1.807, 2.05) is 0 Å². The Morgan fingerprint density at radius 1 is 1.28 bits per heavy atom. The van der Waals surface area contributed by atoms with Crippen LogP contribution in [0.15, 0.2) is 38.6 Å². The molecule has 2 amide bonds. The van der Waals surface area contributed by atoms with E-state index in [4.69, 9.17) is 10.6 Å². The van der Waals surface area contributed by atoms with E-state index in [0.717, 1.165) is 40.5 Å². The minimum Gasteiger partial charge on any atom is -0.503 e. The number of nitrogens with one attached hydrogen (secondary N) is 1. The lowest BCUT2D eigenvalue weighted by atomic mass is 10.0. The monoisotopic (exact) mass is 709 g/mol. The fourth-order valence-electron chi connectivity index (χ4n) is 4.09. The Morgan fingerprint density at radius 2 is 2.02 bits per heavy atom. The fraction of sp³-hybridized carbons (Fsp3) is 0.348. The van der Waals surface area contributed by atoms with Gasteiger partial charge in [-0.1, -0.05) is 16.9 Å². The van der Waals surface area contributed by atoms with Crippen molar-refractivity contribution in [3.05, 3.63) is 45.3 Å². The molecular formula is C23H23N11O10S3. The number of β-lactam (4-membered cyclic amide) rings is 1. The smallest absolute Gasteiger partial charge is 0.352 e. The molecule has 0 bridgehead atoms. The number of nitrogens with zero attached hydrogens (tertiary/aromatic N) is 9. The van der Waals surface area contributed by atoms with Crippen LogP contribution in [0, 0.1) is 0 Å². The van der Waals surface area contributed by atoms with Crippen molar-refractivity contribution in [3.8, 4) is 5.75 Å². The maximum absolute atomic E-state index is 13.2. The molecule has 5 heterocycles. The zero-order valence-electron chi connectivity index (χ0n) is 24.0. The van der Waals surface area contributed by atoms with Crippen LogP contribution in [0.2, 0.25) is 0 Å². The second kappa shape index (κ2) is 12.9. The molecule has 24 heteroatoms. The maximum atomic E-state index is 13.2. The number of aromatic nitrogens is 7. The van der Waals surface area contributed by atoms with Gasteiger partial charge in [0.25, 0.3) is 11.8 Å². The standard InChI is InChI=1S/C23H23N11O10S3/c1-23(2,20(41)42)44-28-12(15-26-21(24)47-29-15)16(37)25-13-17(38)34-14(19(39)40)8(6-45-18(13)34)7-46-22-27-30-31-32(22)4-9-3-10(35)11(36)5-33(9)43/h3,5,13,18,36,43H,4,6-7H2,1-2H3,(H,25,37)(H,39,40)(H,41,42)(H2,24,26,29)/t13-,18+/m1/s1. The van der Waals surface area contributed by atoms with Gasteiger partial charge >= 0.3 is 11.9 Å². The third-order valence-corrected chi connectivity index (χ3v) is 9.49. The lowest BCUT2D eigenvalue weighted by Crippen LogP contribution is -2.71. The largest absolute Gasteiger partial charge is 0.503 e. The molecule has 0 radical (unpaired) electrons. The molecule has 0 unspecified atom stereocenters. The Morgan fingerprint density at radius 3 is 2.68 bits per heavy atom. The van der Waals surface area contributed by atoms with E-state index >= 15 is 0 Å². The first-order valence-corrected chi connectivity index (χ1v) is 15.8. The molecule has 47 heavy (non-hydrogen) atoms. The second-order valence-electron chi connectivity index (χ2n) is 10.2. The number of carbonyl (C=O) groups excluding carboxylic acids is 2. The van der Waals surface area contributed by atoms with E-state index in [1.165, 1.54) is 30.3 Å². The molecule has 2 atom stereocenters. The quantitative estimate of drug-likeness (QED) is 0.0404. The molecule has 0 aromatic carbocycles. The molecule has 1 fully saturated rings. The van der Waals surface area contributed by atoms with Crippen molar-refractivity contribution in [2.45, 2.75) is 42.6 Å². The summed E-state index contributed by atoms with van der Waals surface area (Å²) in [7, 11) is 0. The van der Waals surface area contributed by atoms with Crippen molar-refractivity contribution >= 4 is 69.7 Å². The Kier molecular flexibility index (Phi) is 9.08. The van der Waals surface area contributed by atoms with Gasteiger partial charge in [0.15, 0.2) is 10.9 Å². The number of hydrogen-bond acceptors (Lipinski definition) is 18. The number of carboxylic acid groups (broad SMARTS) is 2. The summed E-state index contributed by atoms with van der Waals surface area (Å²) >= 11 is 2.96. The molecule has 5 rings (SSSR count). The Labute approximate surface area is 274 Å². The molecule has 2 aliphatic heterocycles.